The van der Waals surface area contributed by atoms with E-state index in [1.165, 1.54) is 17.7 Å². The van der Waals surface area contributed by atoms with Gasteiger partial charge in [-0.15, -0.1) is 11.8 Å². The number of likely N-dealkylation sites (tertiary alicyclic amines) is 2. The summed E-state index contributed by atoms with van der Waals surface area (Å²) in [4.78, 5) is 10.7. The predicted molar refractivity (Wildman–Crippen MR) is 104 cm³/mol. The number of aryl methyl sites for hydroxylation is 1. The molecule has 26 heavy (non-hydrogen) atoms. The first-order chi connectivity index (χ1) is 12.6. The molecule has 2 aliphatic heterocycles. The Labute approximate surface area is 159 Å². The highest BCUT2D eigenvalue weighted by Gasteiger charge is 2.36. The Hall–Kier alpha value is -1.34. The summed E-state index contributed by atoms with van der Waals surface area (Å²) in [6.45, 7) is 6.58. The van der Waals surface area contributed by atoms with Gasteiger partial charge in [0.05, 0.1) is 11.8 Å². The maximum atomic E-state index is 10.5. The van der Waals surface area contributed by atoms with Crippen molar-refractivity contribution in [2.24, 2.45) is 0 Å². The van der Waals surface area contributed by atoms with Gasteiger partial charge in [-0.1, -0.05) is 0 Å². The third-order valence-electron chi connectivity index (χ3n) is 5.55. The number of β-amino-alcohol motifs (C(OH)–C–C–N with tert-alkyl or cyclic N) is 1. The van der Waals surface area contributed by atoms with Crippen LogP contribution in [0.5, 0.6) is 0 Å². The number of benzene rings is 1. The maximum absolute atomic E-state index is 10.5. The van der Waals surface area contributed by atoms with Gasteiger partial charge in [-0.2, -0.15) is 0 Å². The van der Waals surface area contributed by atoms with Crippen LogP contribution < -0.4 is 0 Å². The van der Waals surface area contributed by atoms with E-state index in [9.17, 15) is 5.11 Å². The van der Waals surface area contributed by atoms with Crippen LogP contribution >= 0.6 is 11.8 Å². The molecule has 6 heteroatoms. The molecule has 4 rings (SSSR count). The quantitative estimate of drug-likeness (QED) is 0.813. The predicted octanol–water partition coefficient (Wildman–Crippen LogP) is 3.01. The van der Waals surface area contributed by atoms with Gasteiger partial charge >= 0.3 is 0 Å². The van der Waals surface area contributed by atoms with Crippen molar-refractivity contribution in [2.75, 3.05) is 32.4 Å². The van der Waals surface area contributed by atoms with Crippen molar-refractivity contribution in [2.45, 2.75) is 43.4 Å². The van der Waals surface area contributed by atoms with Gasteiger partial charge in [0, 0.05) is 36.1 Å². The Balaban J connectivity index is 1.44. The molecule has 0 unspecified atom stereocenters. The lowest BCUT2D eigenvalue weighted by molar-refractivity contribution is 0.0978. The topological polar surface area (TPSA) is 52.7 Å². The van der Waals surface area contributed by atoms with E-state index < -0.39 is 0 Å². The molecule has 2 aliphatic rings. The first-order valence-electron chi connectivity index (χ1n) is 9.39. The smallest absolute Gasteiger partial charge is 0.226 e. The Morgan fingerprint density at radius 1 is 1.19 bits per heavy atom. The van der Waals surface area contributed by atoms with E-state index in [-0.39, 0.29) is 12.1 Å². The largest absolute Gasteiger partial charge is 0.441 e. The summed E-state index contributed by atoms with van der Waals surface area (Å²) in [5.41, 5.74) is 1.98. The Bertz CT molecular complexity index is 740. The summed E-state index contributed by atoms with van der Waals surface area (Å²) in [7, 11) is 0. The van der Waals surface area contributed by atoms with Gasteiger partial charge in [-0.3, -0.25) is 9.80 Å². The van der Waals surface area contributed by atoms with Crippen molar-refractivity contribution in [3.05, 3.63) is 35.7 Å². The number of aliphatic hydroxyl groups excluding tert-OH is 1. The second-order valence-corrected chi connectivity index (χ2v) is 8.20. The molecule has 2 fully saturated rings. The van der Waals surface area contributed by atoms with Crippen molar-refractivity contribution < 1.29 is 9.52 Å². The summed E-state index contributed by atoms with van der Waals surface area (Å²) in [6, 6.07) is 8.57. The van der Waals surface area contributed by atoms with Crippen LogP contribution in [0.3, 0.4) is 0 Å². The van der Waals surface area contributed by atoms with Crippen LogP contribution in [0.25, 0.3) is 11.5 Å². The van der Waals surface area contributed by atoms with Gasteiger partial charge in [0.2, 0.25) is 5.89 Å². The van der Waals surface area contributed by atoms with E-state index in [1.54, 1.807) is 11.8 Å². The molecule has 1 aromatic carbocycles. The van der Waals surface area contributed by atoms with Gasteiger partial charge < -0.3 is 9.52 Å². The fourth-order valence-electron chi connectivity index (χ4n) is 4.05. The van der Waals surface area contributed by atoms with E-state index in [4.69, 9.17) is 9.40 Å². The minimum atomic E-state index is -0.265. The number of hydrogen-bond acceptors (Lipinski definition) is 6. The molecule has 2 aromatic rings. The van der Waals surface area contributed by atoms with E-state index in [2.05, 4.69) is 40.3 Å². The number of nitrogens with zero attached hydrogens (tertiary/aromatic N) is 3. The van der Waals surface area contributed by atoms with Crippen molar-refractivity contribution in [1.29, 1.82) is 0 Å². The number of thioether (sulfide) groups is 1. The SMILES string of the molecule is CSc1ccc(-c2nc(CN3C[C@H](O)[C@@H](N4CCCC4)C3)c(C)o2)cc1. The number of aromatic nitrogens is 1. The van der Waals surface area contributed by atoms with E-state index >= 15 is 0 Å². The average Bonchev–Trinajstić information content (AvgIpc) is 3.37. The van der Waals surface area contributed by atoms with Crippen molar-refractivity contribution in [3.8, 4) is 11.5 Å². The molecule has 0 radical (unpaired) electrons. The molecule has 0 spiro atoms. The molecular weight excluding hydrogens is 346 g/mol. The van der Waals surface area contributed by atoms with Crippen molar-refractivity contribution >= 4 is 11.8 Å². The lowest BCUT2D eigenvalue weighted by Gasteiger charge is -2.25. The summed E-state index contributed by atoms with van der Waals surface area (Å²) in [5, 5.41) is 10.5. The molecule has 2 saturated heterocycles. The van der Waals surface area contributed by atoms with Crippen LogP contribution in [0.4, 0.5) is 0 Å². The van der Waals surface area contributed by atoms with Crippen LogP contribution in [-0.4, -0.2) is 64.5 Å². The average molecular weight is 374 g/mol. The Morgan fingerprint density at radius 2 is 1.92 bits per heavy atom. The van der Waals surface area contributed by atoms with Gasteiger partial charge in [0.15, 0.2) is 0 Å². The monoisotopic (exact) mass is 373 g/mol. The van der Waals surface area contributed by atoms with Crippen LogP contribution in [-0.2, 0) is 6.54 Å². The number of hydrogen-bond donors (Lipinski definition) is 1. The lowest BCUT2D eigenvalue weighted by atomic mass is 10.2. The molecule has 3 heterocycles. The minimum absolute atomic E-state index is 0.265. The zero-order valence-electron chi connectivity index (χ0n) is 15.5. The fraction of sp³-hybridized carbons (Fsp3) is 0.550. The molecule has 2 atom stereocenters. The molecule has 5 nitrogen and oxygen atoms in total. The van der Waals surface area contributed by atoms with Crippen molar-refractivity contribution in [1.82, 2.24) is 14.8 Å². The number of rotatable bonds is 5. The second kappa shape index (κ2) is 7.72. The third kappa shape index (κ3) is 3.69. The fourth-order valence-corrected chi connectivity index (χ4v) is 4.46. The summed E-state index contributed by atoms with van der Waals surface area (Å²) >= 11 is 1.73. The highest BCUT2D eigenvalue weighted by atomic mass is 32.2. The molecule has 1 N–H and O–H groups in total. The molecule has 0 bridgehead atoms. The van der Waals surface area contributed by atoms with Gasteiger partial charge in [-0.25, -0.2) is 4.98 Å². The van der Waals surface area contributed by atoms with Gasteiger partial charge in [0.1, 0.15) is 5.76 Å². The number of oxazole rings is 1. The molecular formula is C20H27N3O2S. The Kier molecular flexibility index (Phi) is 5.36. The molecule has 0 amide bonds. The summed E-state index contributed by atoms with van der Waals surface area (Å²) < 4.78 is 5.92. The second-order valence-electron chi connectivity index (χ2n) is 7.32. The van der Waals surface area contributed by atoms with Crippen LogP contribution in [0, 0.1) is 6.92 Å². The van der Waals surface area contributed by atoms with E-state index in [1.807, 2.05) is 6.92 Å². The normalized spacial score (nSPS) is 24.6. The summed E-state index contributed by atoms with van der Waals surface area (Å²) in [6.07, 6.45) is 4.32. The van der Waals surface area contributed by atoms with Gasteiger partial charge in [0.25, 0.3) is 0 Å². The zero-order valence-corrected chi connectivity index (χ0v) is 16.3. The van der Waals surface area contributed by atoms with Crippen LogP contribution in [0.1, 0.15) is 24.3 Å². The third-order valence-corrected chi connectivity index (χ3v) is 6.29. The highest BCUT2D eigenvalue weighted by molar-refractivity contribution is 7.98. The van der Waals surface area contributed by atoms with Gasteiger partial charge in [-0.05, 0) is 63.4 Å². The van der Waals surface area contributed by atoms with Crippen LogP contribution in [0.2, 0.25) is 0 Å². The molecule has 1 aromatic heterocycles. The first kappa shape index (κ1) is 18.0. The first-order valence-corrected chi connectivity index (χ1v) is 10.6. The van der Waals surface area contributed by atoms with Crippen molar-refractivity contribution in [3.63, 3.8) is 0 Å². The van der Waals surface area contributed by atoms with E-state index in [0.29, 0.717) is 12.4 Å². The minimum Gasteiger partial charge on any atom is -0.441 e. The Morgan fingerprint density at radius 3 is 2.62 bits per heavy atom. The molecule has 0 saturated carbocycles. The summed E-state index contributed by atoms with van der Waals surface area (Å²) in [5.74, 6) is 1.55. The number of aliphatic hydroxyl groups is 1. The van der Waals surface area contributed by atoms with Crippen LogP contribution in [0.15, 0.2) is 33.6 Å². The zero-order chi connectivity index (χ0) is 18.1. The lowest BCUT2D eigenvalue weighted by Crippen LogP contribution is -2.41. The van der Waals surface area contributed by atoms with E-state index in [0.717, 1.165) is 43.2 Å². The maximum Gasteiger partial charge on any atom is 0.226 e. The molecule has 140 valence electrons. The highest BCUT2D eigenvalue weighted by Crippen LogP contribution is 2.27. The molecule has 0 aliphatic carbocycles. The standard InChI is InChI=1S/C20H27N3O2S/c1-14-17(21-20(25-14)15-5-7-16(26-2)8-6-15)11-22-12-18(19(24)13-22)23-9-3-4-10-23/h5-8,18-19,24H,3-4,9-13H2,1-2H3/t18-,19-/m0/s1.